The number of hydrogen-bond acceptors (Lipinski definition) is 4. The number of likely N-dealkylation sites (tertiary alicyclic amines) is 1. The average Bonchev–Trinajstić information content (AvgIpc) is 2.78. The molecule has 1 saturated heterocycles. The standard InChI is InChI=1S/C13H19N3O3S/c1-3-9-8(2)20-12(14-9)15-13(19)16-7-5-4-6-10(16)11(17)18/h10H,3-7H2,1-2H3,(H,17,18)(H,14,15,19). The number of carboxylic acids is 1. The van der Waals surface area contributed by atoms with Crippen LogP contribution < -0.4 is 5.32 Å². The number of aliphatic carboxylic acids is 1. The van der Waals surface area contributed by atoms with Crippen LogP contribution >= 0.6 is 11.3 Å². The Morgan fingerprint density at radius 1 is 1.50 bits per heavy atom. The molecule has 1 fully saturated rings. The van der Waals surface area contributed by atoms with Crippen LogP contribution in [0.15, 0.2) is 0 Å². The van der Waals surface area contributed by atoms with E-state index in [1.807, 2.05) is 13.8 Å². The van der Waals surface area contributed by atoms with Gasteiger partial charge in [-0.15, -0.1) is 11.3 Å². The molecule has 1 atom stereocenters. The molecule has 2 amide bonds. The molecule has 20 heavy (non-hydrogen) atoms. The second-order valence-corrected chi connectivity index (χ2v) is 6.05. The van der Waals surface area contributed by atoms with E-state index in [1.54, 1.807) is 0 Å². The first kappa shape index (κ1) is 14.8. The lowest BCUT2D eigenvalue weighted by molar-refractivity contribution is -0.143. The second kappa shape index (κ2) is 6.21. The van der Waals surface area contributed by atoms with Crippen LogP contribution in [-0.4, -0.2) is 39.6 Å². The predicted octanol–water partition coefficient (Wildman–Crippen LogP) is 2.48. The van der Waals surface area contributed by atoms with Crippen molar-refractivity contribution in [3.63, 3.8) is 0 Å². The van der Waals surface area contributed by atoms with Gasteiger partial charge in [-0.25, -0.2) is 14.6 Å². The molecule has 0 aromatic carbocycles. The molecule has 1 aliphatic rings. The highest BCUT2D eigenvalue weighted by Gasteiger charge is 2.32. The van der Waals surface area contributed by atoms with E-state index in [0.29, 0.717) is 18.1 Å². The molecule has 6 nitrogen and oxygen atoms in total. The zero-order chi connectivity index (χ0) is 14.7. The maximum Gasteiger partial charge on any atom is 0.326 e. The van der Waals surface area contributed by atoms with Crippen molar-refractivity contribution in [1.29, 1.82) is 0 Å². The van der Waals surface area contributed by atoms with E-state index in [2.05, 4.69) is 10.3 Å². The Morgan fingerprint density at radius 2 is 2.25 bits per heavy atom. The molecule has 0 spiro atoms. The average molecular weight is 297 g/mol. The lowest BCUT2D eigenvalue weighted by Crippen LogP contribution is -2.49. The summed E-state index contributed by atoms with van der Waals surface area (Å²) in [5.74, 6) is -0.940. The number of amides is 2. The highest BCUT2D eigenvalue weighted by molar-refractivity contribution is 7.15. The molecule has 2 rings (SSSR count). The number of rotatable bonds is 3. The summed E-state index contributed by atoms with van der Waals surface area (Å²) < 4.78 is 0. The third-order valence-corrected chi connectivity index (χ3v) is 4.42. The second-order valence-electron chi connectivity index (χ2n) is 4.85. The van der Waals surface area contributed by atoms with Gasteiger partial charge in [0, 0.05) is 11.4 Å². The Balaban J connectivity index is 2.07. The highest BCUT2D eigenvalue weighted by atomic mass is 32.1. The molecule has 0 bridgehead atoms. The van der Waals surface area contributed by atoms with Gasteiger partial charge in [-0.3, -0.25) is 5.32 Å². The van der Waals surface area contributed by atoms with Gasteiger partial charge in [0.15, 0.2) is 5.13 Å². The van der Waals surface area contributed by atoms with Crippen LogP contribution in [0.1, 0.15) is 36.8 Å². The SMILES string of the molecule is CCc1nc(NC(=O)N2CCCCC2C(=O)O)sc1C. The first-order chi connectivity index (χ1) is 9.52. The van der Waals surface area contributed by atoms with Crippen molar-refractivity contribution in [1.82, 2.24) is 9.88 Å². The van der Waals surface area contributed by atoms with E-state index in [4.69, 9.17) is 0 Å². The molecule has 7 heteroatoms. The molecule has 1 aromatic heterocycles. The predicted molar refractivity (Wildman–Crippen MR) is 77.2 cm³/mol. The summed E-state index contributed by atoms with van der Waals surface area (Å²) in [5, 5.41) is 12.4. The third-order valence-electron chi connectivity index (χ3n) is 3.49. The van der Waals surface area contributed by atoms with Gasteiger partial charge in [-0.05, 0) is 32.6 Å². The number of carbonyl (C=O) groups excluding carboxylic acids is 1. The van der Waals surface area contributed by atoms with E-state index in [-0.39, 0.29) is 6.03 Å². The first-order valence-electron chi connectivity index (χ1n) is 6.79. The Labute approximate surface area is 121 Å². The number of anilines is 1. The summed E-state index contributed by atoms with van der Waals surface area (Å²) in [4.78, 5) is 30.2. The number of thiazole rings is 1. The maximum atomic E-state index is 12.2. The largest absolute Gasteiger partial charge is 0.480 e. The van der Waals surface area contributed by atoms with Gasteiger partial charge in [0.25, 0.3) is 0 Å². The van der Waals surface area contributed by atoms with Gasteiger partial charge < -0.3 is 10.0 Å². The number of nitrogens with one attached hydrogen (secondary N) is 1. The Bertz CT molecular complexity index is 515. The van der Waals surface area contributed by atoms with Crippen molar-refractivity contribution in [2.45, 2.75) is 45.6 Å². The van der Waals surface area contributed by atoms with Crippen molar-refractivity contribution in [3.8, 4) is 0 Å². The topological polar surface area (TPSA) is 82.5 Å². The van der Waals surface area contributed by atoms with Gasteiger partial charge >= 0.3 is 12.0 Å². The number of hydrogen-bond donors (Lipinski definition) is 2. The van der Waals surface area contributed by atoms with Crippen LogP contribution in [0.3, 0.4) is 0 Å². The summed E-state index contributed by atoms with van der Waals surface area (Å²) in [5.41, 5.74) is 0.971. The fourth-order valence-electron chi connectivity index (χ4n) is 2.40. The normalized spacial score (nSPS) is 18.9. The summed E-state index contributed by atoms with van der Waals surface area (Å²) in [6, 6.07) is -1.09. The van der Waals surface area contributed by atoms with Crippen LogP contribution in [0.25, 0.3) is 0 Å². The van der Waals surface area contributed by atoms with E-state index < -0.39 is 12.0 Å². The Kier molecular flexibility index (Phi) is 4.59. The minimum Gasteiger partial charge on any atom is -0.480 e. The number of aryl methyl sites for hydroxylation is 2. The Hall–Kier alpha value is -1.63. The number of carbonyl (C=O) groups is 2. The fourth-order valence-corrected chi connectivity index (χ4v) is 3.30. The number of carboxylic acid groups (broad SMARTS) is 1. The number of urea groups is 1. The van der Waals surface area contributed by atoms with Crippen molar-refractivity contribution in [2.24, 2.45) is 0 Å². The van der Waals surface area contributed by atoms with Gasteiger partial charge in [-0.2, -0.15) is 0 Å². The minimum atomic E-state index is -0.940. The molecular formula is C13H19N3O3S. The van der Waals surface area contributed by atoms with Crippen molar-refractivity contribution in [2.75, 3.05) is 11.9 Å². The maximum absolute atomic E-state index is 12.2. The molecule has 1 aromatic rings. The quantitative estimate of drug-likeness (QED) is 0.898. The van der Waals surface area contributed by atoms with Gasteiger partial charge in [-0.1, -0.05) is 6.92 Å². The smallest absolute Gasteiger partial charge is 0.326 e. The minimum absolute atomic E-state index is 0.367. The van der Waals surface area contributed by atoms with Gasteiger partial charge in [0.1, 0.15) is 6.04 Å². The van der Waals surface area contributed by atoms with E-state index >= 15 is 0 Å². The van der Waals surface area contributed by atoms with Crippen LogP contribution in [0.4, 0.5) is 9.93 Å². The fraction of sp³-hybridized carbons (Fsp3) is 0.615. The van der Waals surface area contributed by atoms with Crippen LogP contribution in [0, 0.1) is 6.92 Å². The third kappa shape index (κ3) is 3.09. The van der Waals surface area contributed by atoms with Crippen LogP contribution in [0.2, 0.25) is 0 Å². The summed E-state index contributed by atoms with van der Waals surface area (Å²) in [7, 11) is 0. The van der Waals surface area contributed by atoms with Crippen LogP contribution in [-0.2, 0) is 11.2 Å². The highest BCUT2D eigenvalue weighted by Crippen LogP contribution is 2.24. The molecule has 0 aliphatic carbocycles. The van der Waals surface area contributed by atoms with Crippen molar-refractivity contribution in [3.05, 3.63) is 10.6 Å². The summed E-state index contributed by atoms with van der Waals surface area (Å²) in [6.07, 6.45) is 3.02. The molecule has 2 N–H and O–H groups in total. The zero-order valence-electron chi connectivity index (χ0n) is 11.7. The molecule has 0 radical (unpaired) electrons. The molecule has 2 heterocycles. The monoisotopic (exact) mass is 297 g/mol. The van der Waals surface area contributed by atoms with E-state index in [9.17, 15) is 14.7 Å². The van der Waals surface area contributed by atoms with Crippen molar-refractivity contribution < 1.29 is 14.7 Å². The summed E-state index contributed by atoms with van der Waals surface area (Å²) in [6.45, 7) is 4.46. The lowest BCUT2D eigenvalue weighted by atomic mass is 10.0. The number of piperidine rings is 1. The molecule has 1 unspecified atom stereocenters. The summed E-state index contributed by atoms with van der Waals surface area (Å²) >= 11 is 1.42. The Morgan fingerprint density at radius 3 is 2.85 bits per heavy atom. The van der Waals surface area contributed by atoms with Gasteiger partial charge in [0.2, 0.25) is 0 Å². The van der Waals surface area contributed by atoms with Crippen LogP contribution in [0.5, 0.6) is 0 Å². The lowest BCUT2D eigenvalue weighted by Gasteiger charge is -2.32. The van der Waals surface area contributed by atoms with E-state index in [1.165, 1.54) is 16.2 Å². The van der Waals surface area contributed by atoms with E-state index in [0.717, 1.165) is 29.8 Å². The van der Waals surface area contributed by atoms with Crippen molar-refractivity contribution >= 4 is 28.5 Å². The van der Waals surface area contributed by atoms with Gasteiger partial charge in [0.05, 0.1) is 5.69 Å². The first-order valence-corrected chi connectivity index (χ1v) is 7.61. The number of aromatic nitrogens is 1. The zero-order valence-corrected chi connectivity index (χ0v) is 12.5. The molecule has 0 saturated carbocycles. The molecule has 1 aliphatic heterocycles. The number of nitrogens with zero attached hydrogens (tertiary/aromatic N) is 2. The molecule has 110 valence electrons. The molecular weight excluding hydrogens is 278 g/mol.